The Bertz CT molecular complexity index is 759. The second-order valence-electron chi connectivity index (χ2n) is 5.24. The predicted molar refractivity (Wildman–Crippen MR) is 85.7 cm³/mol. The fourth-order valence-electron chi connectivity index (χ4n) is 2.48. The Balaban J connectivity index is 1.70. The maximum atomic E-state index is 12.2. The number of anilines is 1. The van der Waals surface area contributed by atoms with E-state index in [1.54, 1.807) is 0 Å². The van der Waals surface area contributed by atoms with Crippen LogP contribution in [0.15, 0.2) is 24.3 Å². The first-order valence-electron chi connectivity index (χ1n) is 7.20. The average molecular weight is 312 g/mol. The van der Waals surface area contributed by atoms with Gasteiger partial charge in [-0.1, -0.05) is 25.1 Å². The van der Waals surface area contributed by atoms with Crippen molar-refractivity contribution in [2.24, 2.45) is 0 Å². The van der Waals surface area contributed by atoms with Crippen LogP contribution in [-0.2, 0) is 35.6 Å². The van der Waals surface area contributed by atoms with Crippen molar-refractivity contribution in [1.82, 2.24) is 0 Å². The second-order valence-corrected chi connectivity index (χ2v) is 6.38. The van der Waals surface area contributed by atoms with Gasteiger partial charge in [0.15, 0.2) is 0 Å². The average Bonchev–Trinajstić information content (AvgIpc) is 3.12. The molecule has 0 atom stereocenters. The molecule has 0 bridgehead atoms. The van der Waals surface area contributed by atoms with Crippen LogP contribution in [0.2, 0.25) is 0 Å². The molecule has 2 heterocycles. The van der Waals surface area contributed by atoms with E-state index in [1.807, 2.05) is 31.2 Å². The van der Waals surface area contributed by atoms with Gasteiger partial charge >= 0.3 is 0 Å². The molecule has 0 aliphatic carbocycles. The molecule has 1 aliphatic rings. The molecule has 0 fully saturated rings. The molecular weight excluding hydrogens is 296 g/mol. The number of carbonyl (C=O) groups is 1. The lowest BCUT2D eigenvalue weighted by Gasteiger charge is -2.05. The Morgan fingerprint density at radius 3 is 2.95 bits per heavy atom. The van der Waals surface area contributed by atoms with Crippen molar-refractivity contribution in [2.45, 2.75) is 33.0 Å². The van der Waals surface area contributed by atoms with Gasteiger partial charge in [0.1, 0.15) is 11.1 Å². The minimum absolute atomic E-state index is 0.0973. The number of amides is 1. The molecule has 5 heteroatoms. The Kier molecular flexibility index (Phi) is 4.23. The number of thiophene rings is 1. The molecule has 4 nitrogen and oxygen atoms in total. The van der Waals surface area contributed by atoms with E-state index < -0.39 is 0 Å². The normalized spacial score (nSPS) is 12.7. The summed E-state index contributed by atoms with van der Waals surface area (Å²) in [5, 5.41) is 12.6. The first-order valence-corrected chi connectivity index (χ1v) is 8.02. The summed E-state index contributed by atoms with van der Waals surface area (Å²) in [6.45, 7) is 3.31. The number of fused-ring (bicyclic) bond motifs is 1. The number of benzene rings is 1. The van der Waals surface area contributed by atoms with Gasteiger partial charge < -0.3 is 10.1 Å². The quantitative estimate of drug-likeness (QED) is 0.941. The zero-order valence-corrected chi connectivity index (χ0v) is 13.1. The van der Waals surface area contributed by atoms with Crippen LogP contribution >= 0.6 is 11.3 Å². The fourth-order valence-corrected chi connectivity index (χ4v) is 3.45. The highest BCUT2D eigenvalue weighted by molar-refractivity contribution is 7.16. The summed E-state index contributed by atoms with van der Waals surface area (Å²) in [5.41, 5.74) is 3.86. The summed E-state index contributed by atoms with van der Waals surface area (Å²) in [6.07, 6.45) is 1.16. The minimum Gasteiger partial charge on any atom is -0.372 e. The molecule has 1 aromatic heterocycles. The van der Waals surface area contributed by atoms with Crippen molar-refractivity contribution in [1.29, 1.82) is 5.26 Å². The van der Waals surface area contributed by atoms with Crippen LogP contribution in [0, 0.1) is 11.3 Å². The van der Waals surface area contributed by atoms with Crippen molar-refractivity contribution in [3.05, 3.63) is 51.4 Å². The van der Waals surface area contributed by atoms with E-state index in [9.17, 15) is 4.79 Å². The number of rotatable bonds is 4. The number of carbonyl (C=O) groups excluding carboxylic acids is 1. The Morgan fingerprint density at radius 2 is 2.18 bits per heavy atom. The van der Waals surface area contributed by atoms with E-state index in [0.717, 1.165) is 22.4 Å². The van der Waals surface area contributed by atoms with Crippen molar-refractivity contribution in [2.75, 3.05) is 5.32 Å². The highest BCUT2D eigenvalue weighted by Gasteiger charge is 2.14. The van der Waals surface area contributed by atoms with E-state index in [2.05, 4.69) is 11.4 Å². The lowest BCUT2D eigenvalue weighted by Crippen LogP contribution is -2.14. The molecule has 1 amide bonds. The predicted octanol–water partition coefficient (Wildman–Crippen LogP) is 3.39. The van der Waals surface area contributed by atoms with Crippen LogP contribution in [0.25, 0.3) is 0 Å². The van der Waals surface area contributed by atoms with Gasteiger partial charge in [-0.15, -0.1) is 11.3 Å². The molecule has 0 saturated carbocycles. The number of hydrogen-bond donors (Lipinski definition) is 1. The molecule has 0 spiro atoms. The Labute approximate surface area is 133 Å². The number of nitrogens with one attached hydrogen (secondary N) is 1. The SMILES string of the molecule is CCc1cc(C#N)c(NC(=O)Cc2ccc3c(c2)COC3)s1. The van der Waals surface area contributed by atoms with Gasteiger partial charge in [-0.05, 0) is 29.2 Å². The molecule has 2 aromatic rings. The third-order valence-corrected chi connectivity index (χ3v) is 4.85. The molecule has 1 N–H and O–H groups in total. The fraction of sp³-hybridized carbons (Fsp3) is 0.294. The number of ether oxygens (including phenoxy) is 1. The third-order valence-electron chi connectivity index (χ3n) is 3.66. The number of nitriles is 1. The molecule has 0 saturated heterocycles. The number of hydrogen-bond acceptors (Lipinski definition) is 4. The highest BCUT2D eigenvalue weighted by Crippen LogP contribution is 2.28. The van der Waals surface area contributed by atoms with E-state index in [1.165, 1.54) is 16.9 Å². The van der Waals surface area contributed by atoms with Gasteiger partial charge in [-0.25, -0.2) is 0 Å². The Hall–Kier alpha value is -2.16. The topological polar surface area (TPSA) is 62.1 Å². The highest BCUT2D eigenvalue weighted by atomic mass is 32.1. The van der Waals surface area contributed by atoms with Crippen LogP contribution in [-0.4, -0.2) is 5.91 Å². The van der Waals surface area contributed by atoms with Gasteiger partial charge in [-0.3, -0.25) is 4.79 Å². The zero-order valence-electron chi connectivity index (χ0n) is 12.3. The summed E-state index contributed by atoms with van der Waals surface area (Å²) in [5.74, 6) is -0.0973. The first-order chi connectivity index (χ1) is 10.7. The van der Waals surface area contributed by atoms with Crippen LogP contribution < -0.4 is 5.32 Å². The minimum atomic E-state index is -0.0973. The van der Waals surface area contributed by atoms with Crippen molar-refractivity contribution >= 4 is 22.2 Å². The molecule has 0 unspecified atom stereocenters. The largest absolute Gasteiger partial charge is 0.372 e. The zero-order chi connectivity index (χ0) is 15.5. The summed E-state index contributed by atoms with van der Waals surface area (Å²) in [7, 11) is 0. The summed E-state index contributed by atoms with van der Waals surface area (Å²) in [6, 6.07) is 9.98. The molecule has 0 radical (unpaired) electrons. The lowest BCUT2D eigenvalue weighted by molar-refractivity contribution is -0.115. The van der Waals surface area contributed by atoms with E-state index in [0.29, 0.717) is 30.2 Å². The lowest BCUT2D eigenvalue weighted by atomic mass is 10.0. The molecule has 22 heavy (non-hydrogen) atoms. The van der Waals surface area contributed by atoms with Gasteiger partial charge in [0.25, 0.3) is 0 Å². The molecular formula is C17H16N2O2S. The second kappa shape index (κ2) is 6.30. The van der Waals surface area contributed by atoms with Crippen LogP contribution in [0.3, 0.4) is 0 Å². The maximum absolute atomic E-state index is 12.2. The smallest absolute Gasteiger partial charge is 0.229 e. The monoisotopic (exact) mass is 312 g/mol. The third kappa shape index (κ3) is 3.03. The van der Waals surface area contributed by atoms with Crippen molar-refractivity contribution < 1.29 is 9.53 Å². The van der Waals surface area contributed by atoms with Gasteiger partial charge in [0.05, 0.1) is 25.2 Å². The van der Waals surface area contributed by atoms with Gasteiger partial charge in [0, 0.05) is 4.88 Å². The van der Waals surface area contributed by atoms with E-state index >= 15 is 0 Å². The standard InChI is InChI=1S/C17H16N2O2S/c1-2-15-7-13(8-18)17(22-15)19-16(20)6-11-3-4-12-9-21-10-14(12)5-11/h3-5,7H,2,6,9-10H2,1H3,(H,19,20). The maximum Gasteiger partial charge on any atom is 0.229 e. The molecule has 1 aliphatic heterocycles. The number of aryl methyl sites for hydroxylation is 1. The Morgan fingerprint density at radius 1 is 1.36 bits per heavy atom. The first kappa shape index (κ1) is 14.8. The van der Waals surface area contributed by atoms with Crippen LogP contribution in [0.4, 0.5) is 5.00 Å². The van der Waals surface area contributed by atoms with Gasteiger partial charge in [-0.2, -0.15) is 5.26 Å². The van der Waals surface area contributed by atoms with E-state index in [-0.39, 0.29) is 5.91 Å². The molecule has 3 rings (SSSR count). The molecule has 112 valence electrons. The van der Waals surface area contributed by atoms with Crippen LogP contribution in [0.1, 0.15) is 34.1 Å². The summed E-state index contributed by atoms with van der Waals surface area (Å²) >= 11 is 1.47. The van der Waals surface area contributed by atoms with Crippen molar-refractivity contribution in [3.8, 4) is 6.07 Å². The summed E-state index contributed by atoms with van der Waals surface area (Å²) in [4.78, 5) is 13.3. The van der Waals surface area contributed by atoms with Crippen molar-refractivity contribution in [3.63, 3.8) is 0 Å². The van der Waals surface area contributed by atoms with Gasteiger partial charge in [0.2, 0.25) is 5.91 Å². The van der Waals surface area contributed by atoms with Crippen LogP contribution in [0.5, 0.6) is 0 Å². The number of nitrogens with zero attached hydrogens (tertiary/aromatic N) is 1. The molecule has 1 aromatic carbocycles. The van der Waals surface area contributed by atoms with E-state index in [4.69, 9.17) is 10.00 Å². The summed E-state index contributed by atoms with van der Waals surface area (Å²) < 4.78 is 5.38.